The zero-order chi connectivity index (χ0) is 20.8. The molecule has 0 saturated carbocycles. The lowest BCUT2D eigenvalue weighted by atomic mass is 10.2. The second kappa shape index (κ2) is 9.58. The Labute approximate surface area is 177 Å². The van der Waals surface area contributed by atoms with Gasteiger partial charge in [0.1, 0.15) is 5.82 Å². The van der Waals surface area contributed by atoms with Gasteiger partial charge >= 0.3 is 0 Å². The first-order valence-corrected chi connectivity index (χ1v) is 10.1. The van der Waals surface area contributed by atoms with Gasteiger partial charge in [0.25, 0.3) is 5.91 Å². The van der Waals surface area contributed by atoms with Crippen LogP contribution in [0.2, 0.25) is 5.02 Å². The Kier molecular flexibility index (Phi) is 6.90. The average Bonchev–Trinajstić information content (AvgIpc) is 2.70. The predicted octanol–water partition coefficient (Wildman–Crippen LogP) is 5.77. The Balaban J connectivity index is 1.52. The zero-order valence-electron chi connectivity index (χ0n) is 15.5. The summed E-state index contributed by atoms with van der Waals surface area (Å²) >= 11 is 7.35. The maximum absolute atomic E-state index is 12.9. The minimum Gasteiger partial charge on any atom is -0.325 e. The first-order chi connectivity index (χ1) is 13.9. The van der Waals surface area contributed by atoms with E-state index in [4.69, 9.17) is 11.6 Å². The van der Waals surface area contributed by atoms with Crippen LogP contribution in [-0.4, -0.2) is 17.6 Å². The quantitative estimate of drug-likeness (QED) is 0.490. The molecule has 0 fully saturated rings. The van der Waals surface area contributed by atoms with E-state index in [-0.39, 0.29) is 17.6 Å². The molecule has 29 heavy (non-hydrogen) atoms. The first-order valence-electron chi connectivity index (χ1n) is 8.76. The fourth-order valence-electron chi connectivity index (χ4n) is 2.50. The Morgan fingerprint density at radius 2 is 1.66 bits per heavy atom. The van der Waals surface area contributed by atoms with Crippen molar-refractivity contribution in [1.29, 1.82) is 0 Å². The van der Waals surface area contributed by atoms with Gasteiger partial charge in [-0.3, -0.25) is 9.59 Å². The number of benzene rings is 3. The summed E-state index contributed by atoms with van der Waals surface area (Å²) in [5.41, 5.74) is 2.62. The fourth-order valence-corrected chi connectivity index (χ4v) is 3.37. The monoisotopic (exact) mass is 428 g/mol. The van der Waals surface area contributed by atoms with Gasteiger partial charge in [0, 0.05) is 26.9 Å². The Bertz CT molecular complexity index is 1020. The SMILES string of the molecule is Cc1ccc(Cl)cc1NC(=O)CSc1ccc(NC(=O)c2ccc(F)cc2)cc1. The highest BCUT2D eigenvalue weighted by molar-refractivity contribution is 8.00. The van der Waals surface area contributed by atoms with Crippen LogP contribution in [0.4, 0.5) is 15.8 Å². The molecule has 0 spiro atoms. The minimum atomic E-state index is -0.391. The average molecular weight is 429 g/mol. The molecule has 0 saturated heterocycles. The molecule has 4 nitrogen and oxygen atoms in total. The van der Waals surface area contributed by atoms with Crippen molar-refractivity contribution in [2.24, 2.45) is 0 Å². The van der Waals surface area contributed by atoms with E-state index in [0.29, 0.717) is 22.0 Å². The Morgan fingerprint density at radius 3 is 2.34 bits per heavy atom. The predicted molar refractivity (Wildman–Crippen MR) is 116 cm³/mol. The number of carbonyl (C=O) groups excluding carboxylic acids is 2. The third-order valence-electron chi connectivity index (χ3n) is 4.06. The number of nitrogens with one attached hydrogen (secondary N) is 2. The number of carbonyl (C=O) groups is 2. The third kappa shape index (κ3) is 6.07. The number of rotatable bonds is 6. The van der Waals surface area contributed by atoms with Gasteiger partial charge in [-0.1, -0.05) is 17.7 Å². The van der Waals surface area contributed by atoms with Crippen LogP contribution >= 0.6 is 23.4 Å². The van der Waals surface area contributed by atoms with E-state index >= 15 is 0 Å². The van der Waals surface area contributed by atoms with E-state index in [2.05, 4.69) is 10.6 Å². The number of anilines is 2. The van der Waals surface area contributed by atoms with Gasteiger partial charge in [0.05, 0.1) is 5.75 Å². The van der Waals surface area contributed by atoms with Crippen molar-refractivity contribution in [3.8, 4) is 0 Å². The Hall–Kier alpha value is -2.83. The van der Waals surface area contributed by atoms with Gasteiger partial charge in [-0.25, -0.2) is 4.39 Å². The summed E-state index contributed by atoms with van der Waals surface area (Å²) in [6, 6.07) is 17.8. The van der Waals surface area contributed by atoms with Gasteiger partial charge in [-0.05, 0) is 73.2 Å². The standard InChI is InChI=1S/C22H18ClFN2O2S/c1-14-2-5-16(23)12-20(14)26-21(27)13-29-19-10-8-18(9-11-19)25-22(28)15-3-6-17(24)7-4-15/h2-12H,13H2,1H3,(H,25,28)(H,26,27). The molecule has 0 heterocycles. The highest BCUT2D eigenvalue weighted by atomic mass is 35.5. The molecule has 3 aromatic carbocycles. The molecule has 148 valence electrons. The Morgan fingerprint density at radius 1 is 0.966 bits per heavy atom. The van der Waals surface area contributed by atoms with Crippen LogP contribution < -0.4 is 10.6 Å². The fraction of sp³-hybridized carbons (Fsp3) is 0.0909. The van der Waals surface area contributed by atoms with Crippen LogP contribution in [0.5, 0.6) is 0 Å². The van der Waals surface area contributed by atoms with Crippen molar-refractivity contribution in [2.75, 3.05) is 16.4 Å². The molecule has 0 atom stereocenters. The summed E-state index contributed by atoms with van der Waals surface area (Å²) in [5.74, 6) is -0.596. The molecule has 0 aliphatic rings. The number of amides is 2. The normalized spacial score (nSPS) is 10.4. The van der Waals surface area contributed by atoms with Gasteiger partial charge in [-0.2, -0.15) is 0 Å². The molecule has 2 N–H and O–H groups in total. The van der Waals surface area contributed by atoms with Crippen LogP contribution in [0.15, 0.2) is 71.6 Å². The van der Waals surface area contributed by atoms with Crippen LogP contribution in [0.1, 0.15) is 15.9 Å². The van der Waals surface area contributed by atoms with Crippen molar-refractivity contribution in [3.05, 3.63) is 88.7 Å². The van der Waals surface area contributed by atoms with Gasteiger partial charge < -0.3 is 10.6 Å². The van der Waals surface area contributed by atoms with Gasteiger partial charge in [0.2, 0.25) is 5.91 Å². The van der Waals surface area contributed by atoms with E-state index in [9.17, 15) is 14.0 Å². The largest absolute Gasteiger partial charge is 0.325 e. The molecular weight excluding hydrogens is 411 g/mol. The summed E-state index contributed by atoms with van der Waals surface area (Å²) in [5, 5.41) is 6.17. The van der Waals surface area contributed by atoms with Crippen LogP contribution in [0.25, 0.3) is 0 Å². The highest BCUT2D eigenvalue weighted by Crippen LogP contribution is 2.23. The van der Waals surface area contributed by atoms with Gasteiger partial charge in [0.15, 0.2) is 0 Å². The minimum absolute atomic E-state index is 0.131. The van der Waals surface area contributed by atoms with E-state index < -0.39 is 5.82 Å². The van der Waals surface area contributed by atoms with E-state index in [1.165, 1.54) is 36.0 Å². The topological polar surface area (TPSA) is 58.2 Å². The highest BCUT2D eigenvalue weighted by Gasteiger charge is 2.08. The molecule has 0 radical (unpaired) electrons. The van der Waals surface area contributed by atoms with E-state index in [1.807, 2.05) is 25.1 Å². The molecule has 3 aromatic rings. The second-order valence-corrected chi connectivity index (χ2v) is 7.77. The number of hydrogen-bond donors (Lipinski definition) is 2. The third-order valence-corrected chi connectivity index (χ3v) is 5.31. The van der Waals surface area contributed by atoms with E-state index in [1.54, 1.807) is 24.3 Å². The zero-order valence-corrected chi connectivity index (χ0v) is 17.1. The van der Waals surface area contributed by atoms with Crippen molar-refractivity contribution in [1.82, 2.24) is 0 Å². The molecule has 7 heteroatoms. The van der Waals surface area contributed by atoms with Crippen molar-refractivity contribution >= 4 is 46.6 Å². The molecule has 3 rings (SSSR count). The molecule has 0 unspecified atom stereocenters. The number of halogens is 2. The van der Waals surface area contributed by atoms with Crippen LogP contribution in [0, 0.1) is 12.7 Å². The summed E-state index contributed by atoms with van der Waals surface area (Å²) in [7, 11) is 0. The van der Waals surface area contributed by atoms with Gasteiger partial charge in [-0.15, -0.1) is 11.8 Å². The molecule has 0 aliphatic heterocycles. The molecule has 0 aromatic heterocycles. The van der Waals surface area contributed by atoms with E-state index in [0.717, 1.165) is 10.5 Å². The van der Waals surface area contributed by atoms with Crippen LogP contribution in [-0.2, 0) is 4.79 Å². The van der Waals surface area contributed by atoms with Crippen LogP contribution in [0.3, 0.4) is 0 Å². The number of aryl methyl sites for hydroxylation is 1. The maximum Gasteiger partial charge on any atom is 0.255 e. The van der Waals surface area contributed by atoms with Crippen molar-refractivity contribution in [3.63, 3.8) is 0 Å². The molecular formula is C22H18ClFN2O2S. The maximum atomic E-state index is 12.9. The molecule has 0 bridgehead atoms. The number of hydrogen-bond acceptors (Lipinski definition) is 3. The molecule has 0 aliphatic carbocycles. The van der Waals surface area contributed by atoms with Crippen molar-refractivity contribution in [2.45, 2.75) is 11.8 Å². The van der Waals surface area contributed by atoms with Crippen molar-refractivity contribution < 1.29 is 14.0 Å². The lowest BCUT2D eigenvalue weighted by Gasteiger charge is -2.09. The smallest absolute Gasteiger partial charge is 0.255 e. The lowest BCUT2D eigenvalue weighted by Crippen LogP contribution is -2.14. The lowest BCUT2D eigenvalue weighted by molar-refractivity contribution is -0.113. The summed E-state index contributed by atoms with van der Waals surface area (Å²) in [4.78, 5) is 25.2. The molecule has 2 amide bonds. The summed E-state index contributed by atoms with van der Waals surface area (Å²) in [6.45, 7) is 1.90. The first kappa shape index (κ1) is 20.9. The summed E-state index contributed by atoms with van der Waals surface area (Å²) < 4.78 is 12.9. The second-order valence-electron chi connectivity index (χ2n) is 6.28. The number of thioether (sulfide) groups is 1. The summed E-state index contributed by atoms with van der Waals surface area (Å²) in [6.07, 6.45) is 0.